The molecule has 1 saturated carbocycles. The van der Waals surface area contributed by atoms with Gasteiger partial charge in [0.2, 0.25) is 0 Å². The second-order valence-corrected chi connectivity index (χ2v) is 13.1. The summed E-state index contributed by atoms with van der Waals surface area (Å²) in [5.74, 6) is -5.78. The molecule has 5 aromatic heterocycles. The highest BCUT2D eigenvalue weighted by Gasteiger charge is 2.32. The molecule has 0 unspecified atom stereocenters. The zero-order valence-electron chi connectivity index (χ0n) is 23.6. The summed E-state index contributed by atoms with van der Waals surface area (Å²) in [5.41, 5.74) is -3.07. The van der Waals surface area contributed by atoms with E-state index in [4.69, 9.17) is 14.9 Å². The van der Waals surface area contributed by atoms with Gasteiger partial charge < -0.3 is 30.7 Å². The number of aromatic hydroxyl groups is 1. The molecule has 46 heavy (non-hydrogen) atoms. The van der Waals surface area contributed by atoms with Crippen molar-refractivity contribution >= 4 is 78.5 Å². The Bertz CT molecular complexity index is 2190. The molecule has 0 radical (unpaired) electrons. The van der Waals surface area contributed by atoms with Crippen molar-refractivity contribution in [2.45, 2.75) is 25.5 Å². The number of hydrogen-bond donors (Lipinski definition) is 5. The quantitative estimate of drug-likeness (QED) is 0.134. The van der Waals surface area contributed by atoms with E-state index in [-0.39, 0.29) is 32.4 Å². The molecule has 1 aliphatic rings. The fourth-order valence-corrected chi connectivity index (χ4v) is 7.65. The lowest BCUT2D eigenvalue weighted by Gasteiger charge is -2.16. The number of carboxylic acids is 2. The molecule has 0 bridgehead atoms. The first-order valence-corrected chi connectivity index (χ1v) is 15.9. The number of hydrogen-bond acceptors (Lipinski definition) is 13. The first-order valence-electron chi connectivity index (χ1n) is 13.4. The van der Waals surface area contributed by atoms with Gasteiger partial charge >= 0.3 is 11.9 Å². The Kier molecular flexibility index (Phi) is 8.04. The summed E-state index contributed by atoms with van der Waals surface area (Å²) < 4.78 is 8.44. The maximum absolute atomic E-state index is 13.7. The van der Waals surface area contributed by atoms with Crippen LogP contribution in [0.4, 0.5) is 0 Å². The molecule has 1 aliphatic carbocycles. The number of aliphatic carboxylic acids is 2. The zero-order chi connectivity index (χ0) is 32.9. The van der Waals surface area contributed by atoms with Gasteiger partial charge in [-0.3, -0.25) is 37.9 Å². The van der Waals surface area contributed by atoms with Crippen LogP contribution in [0.3, 0.4) is 0 Å². The number of amides is 2. The smallest absolute Gasteiger partial charge is 0.322 e. The molecule has 0 saturated heterocycles. The van der Waals surface area contributed by atoms with Gasteiger partial charge in [-0.2, -0.15) is 0 Å². The molecule has 238 valence electrons. The van der Waals surface area contributed by atoms with E-state index in [1.54, 1.807) is 0 Å². The van der Waals surface area contributed by atoms with E-state index in [9.17, 15) is 33.9 Å². The Labute approximate surface area is 268 Å². The Morgan fingerprint density at radius 2 is 1.63 bits per heavy atom. The van der Waals surface area contributed by atoms with Crippen LogP contribution in [0.25, 0.3) is 30.6 Å². The van der Waals surface area contributed by atoms with Crippen LogP contribution in [0.5, 0.6) is 11.5 Å². The van der Waals surface area contributed by atoms with Crippen molar-refractivity contribution in [2.24, 2.45) is 7.05 Å². The number of nitrogens with one attached hydrogen (secondary N) is 2. The van der Waals surface area contributed by atoms with Gasteiger partial charge in [-0.1, -0.05) is 6.07 Å². The van der Waals surface area contributed by atoms with Gasteiger partial charge in [0.15, 0.2) is 29.5 Å². The highest BCUT2D eigenvalue weighted by Crippen LogP contribution is 2.45. The summed E-state index contributed by atoms with van der Waals surface area (Å²) in [7, 11) is 1.39. The zero-order valence-corrected chi connectivity index (χ0v) is 26.0. The average molecular weight is 687 g/mol. The van der Waals surface area contributed by atoms with Crippen LogP contribution in [0.15, 0.2) is 27.1 Å². The van der Waals surface area contributed by atoms with Crippen LogP contribution in [0.2, 0.25) is 0 Å². The fourth-order valence-electron chi connectivity index (χ4n) is 4.56. The molecule has 0 atom stereocenters. The van der Waals surface area contributed by atoms with Crippen LogP contribution in [-0.4, -0.2) is 71.3 Å². The number of nitrogens with zero attached hydrogens (tertiary/aromatic N) is 4. The lowest BCUT2D eigenvalue weighted by Crippen LogP contribution is -2.37. The predicted molar refractivity (Wildman–Crippen MR) is 166 cm³/mol. The fraction of sp³-hybridized carbons (Fsp3) is 0.259. The summed E-state index contributed by atoms with van der Waals surface area (Å²) in [6, 6.07) is 3.62. The molecule has 0 aliphatic heterocycles. The second-order valence-electron chi connectivity index (χ2n) is 10.1. The van der Waals surface area contributed by atoms with Crippen LogP contribution in [0, 0.1) is 0 Å². The van der Waals surface area contributed by atoms with Crippen molar-refractivity contribution in [1.29, 1.82) is 0 Å². The molecule has 6 rings (SSSR count). The number of aryl methyl sites for hydroxylation is 1. The lowest BCUT2D eigenvalue weighted by atomic mass is 10.2. The molecule has 0 aromatic carbocycles. The first kappa shape index (κ1) is 30.9. The normalized spacial score (nSPS) is 12.8. The third kappa shape index (κ3) is 5.59. The summed E-state index contributed by atoms with van der Waals surface area (Å²) in [6.45, 7) is -2.32. The van der Waals surface area contributed by atoms with Gasteiger partial charge in [0.1, 0.15) is 38.6 Å². The van der Waals surface area contributed by atoms with Crippen LogP contribution in [-0.2, 0) is 23.4 Å². The number of thiazole rings is 2. The van der Waals surface area contributed by atoms with Crippen molar-refractivity contribution < 1.29 is 39.2 Å². The van der Waals surface area contributed by atoms with Gasteiger partial charge in [-0.05, 0) is 24.3 Å². The third-order valence-electron chi connectivity index (χ3n) is 6.92. The van der Waals surface area contributed by atoms with Crippen molar-refractivity contribution in [3.8, 4) is 21.4 Å². The van der Waals surface area contributed by atoms with Crippen molar-refractivity contribution in [1.82, 2.24) is 29.7 Å². The maximum atomic E-state index is 13.7. The number of pyridine rings is 2. The summed E-state index contributed by atoms with van der Waals surface area (Å²) >= 11 is 3.55. The Balaban J connectivity index is 1.51. The predicted octanol–water partition coefficient (Wildman–Crippen LogP) is 1.74. The summed E-state index contributed by atoms with van der Waals surface area (Å²) in [4.78, 5) is 85.4. The Morgan fingerprint density at radius 1 is 0.957 bits per heavy atom. The minimum absolute atomic E-state index is 0.0234. The van der Waals surface area contributed by atoms with E-state index in [2.05, 4.69) is 20.6 Å². The van der Waals surface area contributed by atoms with E-state index in [0.717, 1.165) is 49.5 Å². The molecule has 2 amide bonds. The molecule has 5 N–H and O–H groups in total. The van der Waals surface area contributed by atoms with E-state index in [1.165, 1.54) is 18.4 Å². The maximum Gasteiger partial charge on any atom is 0.322 e. The average Bonchev–Trinajstić information content (AvgIpc) is 3.36. The van der Waals surface area contributed by atoms with E-state index < -0.39 is 71.6 Å². The minimum Gasteiger partial charge on any atom is -0.505 e. The SMILES string of the molecule is Cn1c(=O)c(C(=O)NCC(=O)O)c(OCn2c(=O)c(C(=O)NCC(=O)O)c(O)c3sc(C4CC4)nc32)c2sc(-c3cccs3)nc21. The molecule has 5 heterocycles. The van der Waals surface area contributed by atoms with Gasteiger partial charge in [0.25, 0.3) is 22.9 Å². The van der Waals surface area contributed by atoms with E-state index in [0.29, 0.717) is 10.0 Å². The molecule has 16 nitrogen and oxygen atoms in total. The number of carbonyl (C=O) groups excluding carboxylic acids is 2. The number of ether oxygens (including phenoxy) is 1. The van der Waals surface area contributed by atoms with Crippen LogP contribution in [0.1, 0.15) is 44.5 Å². The minimum atomic E-state index is -1.37. The second kappa shape index (κ2) is 12.0. The third-order valence-corrected chi connectivity index (χ3v) is 10.2. The van der Waals surface area contributed by atoms with E-state index >= 15 is 0 Å². The molecule has 5 aromatic rings. The molecule has 0 spiro atoms. The van der Waals surface area contributed by atoms with Gasteiger partial charge in [0, 0.05) is 13.0 Å². The molecular weight excluding hydrogens is 665 g/mol. The van der Waals surface area contributed by atoms with Crippen molar-refractivity contribution in [3.63, 3.8) is 0 Å². The van der Waals surface area contributed by atoms with E-state index in [1.807, 2.05) is 17.5 Å². The van der Waals surface area contributed by atoms with Gasteiger partial charge in [-0.15, -0.1) is 34.0 Å². The standard InChI is InChI=1S/C27H22N6O10S3/c1-32-20-19(46-25(30-20)11-3-2-6-44-11)17(15(26(32)41)23(40)29-8-13(36)37)43-9-33-21-18(45-24(31-21)10-4-5-10)16(38)14(27(33)42)22(39)28-7-12(34)35/h2-3,6,10,38H,4-5,7-9H2,1H3,(H,28,39)(H,29,40)(H,34,35)(H,36,37). The lowest BCUT2D eigenvalue weighted by molar-refractivity contribution is -0.136. The number of aromatic nitrogens is 4. The number of carbonyl (C=O) groups is 4. The molecule has 19 heteroatoms. The number of fused-ring (bicyclic) bond motifs is 2. The number of rotatable bonds is 11. The first-order chi connectivity index (χ1) is 22.0. The Morgan fingerprint density at radius 3 is 2.24 bits per heavy atom. The van der Waals surface area contributed by atoms with Crippen molar-refractivity contribution in [3.05, 3.63) is 54.4 Å². The Hall–Kier alpha value is -5.14. The number of carboxylic acid groups (broad SMARTS) is 2. The number of thiophene rings is 1. The van der Waals surface area contributed by atoms with Crippen LogP contribution >= 0.6 is 34.0 Å². The monoisotopic (exact) mass is 686 g/mol. The summed E-state index contributed by atoms with van der Waals surface area (Å²) in [6.07, 6.45) is 1.68. The summed E-state index contributed by atoms with van der Waals surface area (Å²) in [5, 5.41) is 36.3. The van der Waals surface area contributed by atoms with Gasteiger partial charge in [-0.25, -0.2) is 9.97 Å². The molecule has 1 fully saturated rings. The van der Waals surface area contributed by atoms with Gasteiger partial charge in [0.05, 0.1) is 9.88 Å². The topological polar surface area (TPSA) is 232 Å². The largest absolute Gasteiger partial charge is 0.505 e. The highest BCUT2D eigenvalue weighted by molar-refractivity contribution is 7.25. The van der Waals surface area contributed by atoms with Crippen LogP contribution < -0.4 is 26.5 Å². The highest BCUT2D eigenvalue weighted by atomic mass is 32.1. The molecular formula is C27H22N6O10S3. The van der Waals surface area contributed by atoms with Crippen molar-refractivity contribution in [2.75, 3.05) is 13.1 Å².